The second-order valence-electron chi connectivity index (χ2n) is 10.2. The minimum Gasteiger partial charge on any atom is -0.497 e. The Labute approximate surface area is 202 Å². The van der Waals surface area contributed by atoms with Gasteiger partial charge in [0.2, 0.25) is 11.9 Å². The molecule has 8 heteroatoms. The minimum atomic E-state index is 0.0282. The fraction of sp³-hybridized carbons (Fsp3) is 0.577. The number of methoxy groups -OCH3 is 1. The van der Waals surface area contributed by atoms with Crippen molar-refractivity contribution in [2.75, 3.05) is 37.0 Å². The molecule has 2 unspecified atom stereocenters. The van der Waals surface area contributed by atoms with Gasteiger partial charge in [-0.25, -0.2) is 0 Å². The van der Waals surface area contributed by atoms with Crippen molar-refractivity contribution in [1.82, 2.24) is 24.9 Å². The van der Waals surface area contributed by atoms with Gasteiger partial charge >= 0.3 is 0 Å². The maximum absolute atomic E-state index is 5.42. The first-order valence-electron chi connectivity index (χ1n) is 12.6. The Kier molecular flexibility index (Phi) is 6.34. The first kappa shape index (κ1) is 22.9. The van der Waals surface area contributed by atoms with E-state index in [9.17, 15) is 0 Å². The quantitative estimate of drug-likeness (QED) is 0.555. The van der Waals surface area contributed by atoms with Gasteiger partial charge in [0.25, 0.3) is 0 Å². The van der Waals surface area contributed by atoms with Gasteiger partial charge in [-0.05, 0) is 62.8 Å². The van der Waals surface area contributed by atoms with Crippen molar-refractivity contribution < 1.29 is 4.74 Å². The molecule has 1 spiro atoms. The van der Waals surface area contributed by atoms with Crippen molar-refractivity contribution in [2.24, 2.45) is 0 Å². The summed E-state index contributed by atoms with van der Waals surface area (Å²) in [5, 5.41) is 12.1. The Bertz CT molecular complexity index is 1130. The summed E-state index contributed by atoms with van der Waals surface area (Å²) in [5.74, 6) is 2.69. The van der Waals surface area contributed by atoms with Crippen LogP contribution in [0.1, 0.15) is 76.0 Å². The molecule has 2 atom stereocenters. The van der Waals surface area contributed by atoms with Crippen LogP contribution in [0.5, 0.6) is 5.75 Å². The lowest BCUT2D eigenvalue weighted by molar-refractivity contribution is 0.215. The van der Waals surface area contributed by atoms with Gasteiger partial charge in [0.1, 0.15) is 5.75 Å². The molecule has 0 amide bonds. The van der Waals surface area contributed by atoms with E-state index in [0.717, 1.165) is 60.5 Å². The second kappa shape index (κ2) is 9.41. The summed E-state index contributed by atoms with van der Waals surface area (Å²) in [6, 6.07) is 8.17. The predicted octanol–water partition coefficient (Wildman–Crippen LogP) is 4.54. The lowest BCUT2D eigenvalue weighted by Crippen LogP contribution is -2.59. The smallest absolute Gasteiger partial charge is 0.230 e. The van der Waals surface area contributed by atoms with Crippen molar-refractivity contribution >= 4 is 17.5 Å². The number of anilines is 2. The van der Waals surface area contributed by atoms with Crippen LogP contribution in [0.2, 0.25) is 0 Å². The summed E-state index contributed by atoms with van der Waals surface area (Å²) in [7, 11) is 1.70. The molecule has 0 aliphatic carbocycles. The molecule has 2 aromatic heterocycles. The average molecular weight is 464 g/mol. The van der Waals surface area contributed by atoms with Gasteiger partial charge in [-0.15, -0.1) is 0 Å². The molecule has 0 bridgehead atoms. The van der Waals surface area contributed by atoms with Gasteiger partial charge in [0.05, 0.1) is 19.3 Å². The molecule has 34 heavy (non-hydrogen) atoms. The molecule has 2 aliphatic heterocycles. The lowest BCUT2D eigenvalue weighted by Gasteiger charge is -2.46. The molecule has 182 valence electrons. The zero-order valence-electron chi connectivity index (χ0n) is 20.8. The summed E-state index contributed by atoms with van der Waals surface area (Å²) < 4.78 is 7.28. The zero-order valence-corrected chi connectivity index (χ0v) is 20.8. The van der Waals surface area contributed by atoms with Gasteiger partial charge in [-0.2, -0.15) is 19.6 Å². The molecule has 0 radical (unpaired) electrons. The Morgan fingerprint density at radius 2 is 1.97 bits per heavy atom. The third-order valence-electron chi connectivity index (χ3n) is 7.39. The molecule has 5 rings (SSSR count). The van der Waals surface area contributed by atoms with Crippen LogP contribution in [0.3, 0.4) is 0 Å². The van der Waals surface area contributed by atoms with E-state index in [0.29, 0.717) is 5.92 Å². The standard InChI is InChI=1S/C26H37N7O/c1-18(2)22-16-28-33-23(22)30-24(32-14-8-12-26(17-32)11-5-6-13-27-26)31-25(33)29-19(3)20-9-7-10-21(15-20)34-4/h7,9-10,15-16,18-19,27H,5-6,8,11-14,17H2,1-4H3,(H,29,30,31). The van der Waals surface area contributed by atoms with Crippen LogP contribution in [0.15, 0.2) is 30.5 Å². The van der Waals surface area contributed by atoms with E-state index in [1.54, 1.807) is 7.11 Å². The fourth-order valence-electron chi connectivity index (χ4n) is 5.39. The van der Waals surface area contributed by atoms with Crippen molar-refractivity contribution in [2.45, 2.75) is 70.4 Å². The molecule has 0 saturated carbocycles. The van der Waals surface area contributed by atoms with Gasteiger partial charge in [-0.3, -0.25) is 0 Å². The molecule has 8 nitrogen and oxygen atoms in total. The molecule has 2 N–H and O–H groups in total. The highest BCUT2D eigenvalue weighted by Gasteiger charge is 2.37. The SMILES string of the molecule is COc1cccc(C(C)Nc2nc(N3CCCC4(CCCCN4)C3)nc3c(C(C)C)cnn23)c1. The van der Waals surface area contributed by atoms with Gasteiger partial charge in [-0.1, -0.05) is 32.4 Å². The third-order valence-corrected chi connectivity index (χ3v) is 7.39. The van der Waals surface area contributed by atoms with Crippen LogP contribution in [-0.4, -0.2) is 51.9 Å². The van der Waals surface area contributed by atoms with E-state index in [1.807, 2.05) is 22.8 Å². The molecule has 4 heterocycles. The van der Waals surface area contributed by atoms with Crippen LogP contribution in [0, 0.1) is 0 Å². The Balaban J connectivity index is 1.51. The summed E-state index contributed by atoms with van der Waals surface area (Å²) in [4.78, 5) is 12.5. The van der Waals surface area contributed by atoms with Crippen molar-refractivity contribution in [3.8, 4) is 5.75 Å². The highest BCUT2D eigenvalue weighted by molar-refractivity contribution is 5.57. The molecule has 2 saturated heterocycles. The molecule has 2 aliphatic rings. The summed E-state index contributed by atoms with van der Waals surface area (Å²) in [5.41, 5.74) is 3.35. The Hall–Kier alpha value is -2.87. The third kappa shape index (κ3) is 4.43. The van der Waals surface area contributed by atoms with Crippen LogP contribution in [-0.2, 0) is 0 Å². The number of hydrogen-bond acceptors (Lipinski definition) is 7. The second-order valence-corrected chi connectivity index (χ2v) is 10.2. The number of fused-ring (bicyclic) bond motifs is 1. The van der Waals surface area contributed by atoms with E-state index in [-0.39, 0.29) is 11.6 Å². The highest BCUT2D eigenvalue weighted by Crippen LogP contribution is 2.32. The van der Waals surface area contributed by atoms with Crippen LogP contribution < -0.4 is 20.3 Å². The van der Waals surface area contributed by atoms with E-state index >= 15 is 0 Å². The molecule has 3 aromatic rings. The molecular weight excluding hydrogens is 426 g/mol. The predicted molar refractivity (Wildman–Crippen MR) is 136 cm³/mol. The molecule has 1 aromatic carbocycles. The minimum absolute atomic E-state index is 0.0282. The van der Waals surface area contributed by atoms with Gasteiger partial charge in [0.15, 0.2) is 5.65 Å². The lowest BCUT2D eigenvalue weighted by atomic mass is 9.82. The first-order valence-corrected chi connectivity index (χ1v) is 12.6. The van der Waals surface area contributed by atoms with E-state index in [2.05, 4.69) is 53.5 Å². The number of rotatable bonds is 6. The fourth-order valence-corrected chi connectivity index (χ4v) is 5.39. The molecule has 2 fully saturated rings. The Morgan fingerprint density at radius 1 is 1.12 bits per heavy atom. The van der Waals surface area contributed by atoms with Crippen LogP contribution >= 0.6 is 0 Å². The zero-order chi connectivity index (χ0) is 23.7. The highest BCUT2D eigenvalue weighted by atomic mass is 16.5. The average Bonchev–Trinajstić information content (AvgIpc) is 3.29. The number of ether oxygens (including phenoxy) is 1. The normalized spacial score (nSPS) is 21.9. The maximum Gasteiger partial charge on any atom is 0.230 e. The summed E-state index contributed by atoms with van der Waals surface area (Å²) >= 11 is 0. The van der Waals surface area contributed by atoms with Gasteiger partial charge < -0.3 is 20.3 Å². The first-order chi connectivity index (χ1) is 16.5. The number of aromatic nitrogens is 4. The van der Waals surface area contributed by atoms with Crippen molar-refractivity contribution in [3.05, 3.63) is 41.6 Å². The van der Waals surface area contributed by atoms with Crippen LogP contribution in [0.25, 0.3) is 5.65 Å². The number of hydrogen-bond donors (Lipinski definition) is 2. The van der Waals surface area contributed by atoms with E-state index in [4.69, 9.17) is 14.7 Å². The van der Waals surface area contributed by atoms with Crippen LogP contribution in [0.4, 0.5) is 11.9 Å². The number of benzene rings is 1. The van der Waals surface area contributed by atoms with E-state index in [1.165, 1.54) is 25.7 Å². The maximum atomic E-state index is 5.42. The van der Waals surface area contributed by atoms with Gasteiger partial charge in [0, 0.05) is 24.2 Å². The van der Waals surface area contributed by atoms with E-state index < -0.39 is 0 Å². The molecular formula is C26H37N7O. The largest absolute Gasteiger partial charge is 0.497 e. The monoisotopic (exact) mass is 463 g/mol. The summed E-state index contributed by atoms with van der Waals surface area (Å²) in [6.07, 6.45) is 8.11. The summed E-state index contributed by atoms with van der Waals surface area (Å²) in [6.45, 7) is 9.56. The van der Waals surface area contributed by atoms with Crippen molar-refractivity contribution in [3.63, 3.8) is 0 Å². The number of nitrogens with zero attached hydrogens (tertiary/aromatic N) is 5. The topological polar surface area (TPSA) is 79.6 Å². The number of nitrogens with one attached hydrogen (secondary N) is 2. The number of piperidine rings is 2. The Morgan fingerprint density at radius 3 is 2.74 bits per heavy atom. The van der Waals surface area contributed by atoms with Crippen molar-refractivity contribution in [1.29, 1.82) is 0 Å².